The van der Waals surface area contributed by atoms with Gasteiger partial charge in [-0.3, -0.25) is 11.3 Å². The molecule has 1 aromatic rings. The van der Waals surface area contributed by atoms with E-state index in [-0.39, 0.29) is 0 Å². The lowest BCUT2D eigenvalue weighted by molar-refractivity contribution is 0.291. The molecule has 16 heavy (non-hydrogen) atoms. The Hall–Kier alpha value is -0.800. The van der Waals surface area contributed by atoms with Crippen molar-refractivity contribution in [3.63, 3.8) is 0 Å². The molecule has 1 saturated carbocycles. The van der Waals surface area contributed by atoms with Gasteiger partial charge in [0.05, 0.1) is 6.26 Å². The predicted molar refractivity (Wildman–Crippen MR) is 64.7 cm³/mol. The fourth-order valence-electron chi connectivity index (χ4n) is 2.71. The van der Waals surface area contributed by atoms with Crippen LogP contribution in [0.4, 0.5) is 0 Å². The zero-order valence-corrected chi connectivity index (χ0v) is 9.82. The number of nitrogens with two attached hydrogens (primary N) is 1. The molecule has 0 aliphatic heterocycles. The second kappa shape index (κ2) is 6.06. The molecular weight excluding hydrogens is 200 g/mol. The van der Waals surface area contributed by atoms with E-state index in [1.54, 1.807) is 6.26 Å². The van der Waals surface area contributed by atoms with E-state index in [1.807, 2.05) is 12.1 Å². The summed E-state index contributed by atoms with van der Waals surface area (Å²) in [5, 5.41) is 0. The summed E-state index contributed by atoms with van der Waals surface area (Å²) >= 11 is 0. The topological polar surface area (TPSA) is 51.2 Å². The maximum absolute atomic E-state index is 5.61. The van der Waals surface area contributed by atoms with Gasteiger partial charge in [-0.1, -0.05) is 32.1 Å². The van der Waals surface area contributed by atoms with Crippen LogP contribution in [0.3, 0.4) is 0 Å². The van der Waals surface area contributed by atoms with Gasteiger partial charge in [0.1, 0.15) is 5.76 Å². The monoisotopic (exact) mass is 222 g/mol. The Morgan fingerprint density at radius 3 is 2.81 bits per heavy atom. The SMILES string of the molecule is NNC(Cc1ccco1)CC1CCCCC1. The van der Waals surface area contributed by atoms with Crippen LogP contribution < -0.4 is 11.3 Å². The molecule has 90 valence electrons. The number of hydrogen-bond acceptors (Lipinski definition) is 3. The average molecular weight is 222 g/mol. The van der Waals surface area contributed by atoms with E-state index in [9.17, 15) is 0 Å². The van der Waals surface area contributed by atoms with Crippen LogP contribution in [0.15, 0.2) is 22.8 Å². The molecule has 1 fully saturated rings. The lowest BCUT2D eigenvalue weighted by atomic mass is 9.84. The summed E-state index contributed by atoms with van der Waals surface area (Å²) in [6.45, 7) is 0. The molecule has 0 radical (unpaired) electrons. The lowest BCUT2D eigenvalue weighted by Crippen LogP contribution is -2.38. The van der Waals surface area contributed by atoms with Crippen molar-refractivity contribution in [2.45, 2.75) is 51.0 Å². The molecule has 0 aromatic carbocycles. The quantitative estimate of drug-likeness (QED) is 0.595. The van der Waals surface area contributed by atoms with Crippen molar-refractivity contribution < 1.29 is 4.42 Å². The summed E-state index contributed by atoms with van der Waals surface area (Å²) in [5.41, 5.74) is 2.93. The lowest BCUT2D eigenvalue weighted by Gasteiger charge is -2.25. The van der Waals surface area contributed by atoms with E-state index in [0.29, 0.717) is 6.04 Å². The molecule has 0 spiro atoms. The first-order valence-electron chi connectivity index (χ1n) is 6.37. The number of nitrogens with one attached hydrogen (secondary N) is 1. The molecule has 1 heterocycles. The van der Waals surface area contributed by atoms with Crippen LogP contribution in [0.5, 0.6) is 0 Å². The Bertz CT molecular complexity index is 278. The van der Waals surface area contributed by atoms with Crippen molar-refractivity contribution >= 4 is 0 Å². The molecule has 1 aromatic heterocycles. The van der Waals surface area contributed by atoms with Gasteiger partial charge in [0.15, 0.2) is 0 Å². The summed E-state index contributed by atoms with van der Waals surface area (Å²) in [4.78, 5) is 0. The van der Waals surface area contributed by atoms with Crippen molar-refractivity contribution in [2.24, 2.45) is 11.8 Å². The summed E-state index contributed by atoms with van der Waals surface area (Å²) in [6, 6.07) is 4.31. The minimum absolute atomic E-state index is 0.356. The molecule has 1 atom stereocenters. The zero-order chi connectivity index (χ0) is 11.2. The van der Waals surface area contributed by atoms with Crippen LogP contribution in [-0.2, 0) is 6.42 Å². The first kappa shape index (κ1) is 11.7. The Balaban J connectivity index is 1.80. The van der Waals surface area contributed by atoms with E-state index in [4.69, 9.17) is 10.3 Å². The first-order chi connectivity index (χ1) is 7.88. The molecular formula is C13H22N2O. The van der Waals surface area contributed by atoms with Gasteiger partial charge in [0.2, 0.25) is 0 Å². The first-order valence-corrected chi connectivity index (χ1v) is 6.37. The Morgan fingerprint density at radius 2 is 2.19 bits per heavy atom. The van der Waals surface area contributed by atoms with Crippen molar-refractivity contribution in [3.05, 3.63) is 24.2 Å². The summed E-state index contributed by atoms with van der Waals surface area (Å²) in [5.74, 6) is 7.49. The van der Waals surface area contributed by atoms with Gasteiger partial charge in [0.25, 0.3) is 0 Å². The number of furan rings is 1. The van der Waals surface area contributed by atoms with Gasteiger partial charge in [0, 0.05) is 12.5 Å². The Kier molecular flexibility index (Phi) is 4.43. The fraction of sp³-hybridized carbons (Fsp3) is 0.692. The highest BCUT2D eigenvalue weighted by Gasteiger charge is 2.19. The maximum Gasteiger partial charge on any atom is 0.105 e. The molecule has 1 aliphatic rings. The van der Waals surface area contributed by atoms with Gasteiger partial charge in [-0.2, -0.15) is 0 Å². The molecule has 2 rings (SSSR count). The highest BCUT2D eigenvalue weighted by atomic mass is 16.3. The van der Waals surface area contributed by atoms with Crippen molar-refractivity contribution in [1.82, 2.24) is 5.43 Å². The number of hydrazine groups is 1. The fourth-order valence-corrected chi connectivity index (χ4v) is 2.71. The molecule has 3 N–H and O–H groups in total. The van der Waals surface area contributed by atoms with E-state index < -0.39 is 0 Å². The third-order valence-electron chi connectivity index (χ3n) is 3.61. The van der Waals surface area contributed by atoms with E-state index >= 15 is 0 Å². The van der Waals surface area contributed by atoms with E-state index in [1.165, 1.54) is 38.5 Å². The third kappa shape index (κ3) is 3.35. The Labute approximate surface area is 97.4 Å². The summed E-state index contributed by atoms with van der Waals surface area (Å²) in [6.07, 6.45) is 10.7. The summed E-state index contributed by atoms with van der Waals surface area (Å²) in [7, 11) is 0. The highest BCUT2D eigenvalue weighted by Crippen LogP contribution is 2.27. The number of hydrogen-bond donors (Lipinski definition) is 2. The van der Waals surface area contributed by atoms with Crippen LogP contribution >= 0.6 is 0 Å². The van der Waals surface area contributed by atoms with Crippen LogP contribution in [0, 0.1) is 5.92 Å². The zero-order valence-electron chi connectivity index (χ0n) is 9.82. The van der Waals surface area contributed by atoms with Crippen molar-refractivity contribution in [3.8, 4) is 0 Å². The molecule has 3 heteroatoms. The van der Waals surface area contributed by atoms with E-state index in [2.05, 4.69) is 5.43 Å². The Morgan fingerprint density at radius 1 is 1.38 bits per heavy atom. The van der Waals surface area contributed by atoms with Crippen molar-refractivity contribution in [1.29, 1.82) is 0 Å². The molecule has 0 bridgehead atoms. The molecule has 0 saturated heterocycles. The third-order valence-corrected chi connectivity index (χ3v) is 3.61. The minimum atomic E-state index is 0.356. The maximum atomic E-state index is 5.61. The standard InChI is InChI=1S/C13H22N2O/c14-15-12(10-13-7-4-8-16-13)9-11-5-2-1-3-6-11/h4,7-8,11-12,15H,1-3,5-6,9-10,14H2. The number of rotatable bonds is 5. The van der Waals surface area contributed by atoms with Crippen LogP contribution in [0.25, 0.3) is 0 Å². The normalized spacial score (nSPS) is 19.8. The van der Waals surface area contributed by atoms with Crippen LogP contribution in [0.2, 0.25) is 0 Å². The molecule has 1 aliphatic carbocycles. The van der Waals surface area contributed by atoms with Crippen LogP contribution in [-0.4, -0.2) is 6.04 Å². The molecule has 3 nitrogen and oxygen atoms in total. The minimum Gasteiger partial charge on any atom is -0.469 e. The average Bonchev–Trinajstić information content (AvgIpc) is 2.82. The molecule has 0 amide bonds. The van der Waals surface area contributed by atoms with E-state index in [0.717, 1.165) is 18.1 Å². The second-order valence-electron chi connectivity index (χ2n) is 4.89. The second-order valence-corrected chi connectivity index (χ2v) is 4.89. The smallest absolute Gasteiger partial charge is 0.105 e. The van der Waals surface area contributed by atoms with Gasteiger partial charge in [-0.25, -0.2) is 0 Å². The summed E-state index contributed by atoms with van der Waals surface area (Å²) < 4.78 is 5.36. The van der Waals surface area contributed by atoms with Gasteiger partial charge in [-0.05, 0) is 24.5 Å². The van der Waals surface area contributed by atoms with Gasteiger partial charge < -0.3 is 4.42 Å². The predicted octanol–water partition coefficient (Wildman–Crippen LogP) is 2.62. The largest absolute Gasteiger partial charge is 0.469 e. The van der Waals surface area contributed by atoms with Crippen LogP contribution in [0.1, 0.15) is 44.3 Å². The van der Waals surface area contributed by atoms with Gasteiger partial charge >= 0.3 is 0 Å². The highest BCUT2D eigenvalue weighted by molar-refractivity contribution is 5.00. The van der Waals surface area contributed by atoms with Gasteiger partial charge in [-0.15, -0.1) is 0 Å². The van der Waals surface area contributed by atoms with Crippen molar-refractivity contribution in [2.75, 3.05) is 0 Å². The molecule has 1 unspecified atom stereocenters.